The number of rotatable bonds is 25. The summed E-state index contributed by atoms with van der Waals surface area (Å²) in [6.07, 6.45) is -21.8. The lowest BCUT2D eigenvalue weighted by atomic mass is 9.86. The Morgan fingerprint density at radius 1 is 0.609 bits per heavy atom. The molecule has 274 valence electrons. The molecule has 12 atom stereocenters. The lowest BCUT2D eigenvalue weighted by Crippen LogP contribution is -2.59. The summed E-state index contributed by atoms with van der Waals surface area (Å²) in [5.74, 6) is -3.57. The molecule has 0 radical (unpaired) electrons. The molecule has 46 heavy (non-hydrogen) atoms. The number of ether oxygens (including phenoxy) is 1. The van der Waals surface area contributed by atoms with Gasteiger partial charge < -0.3 is 92.2 Å². The molecule has 0 rings (SSSR count). The van der Waals surface area contributed by atoms with Gasteiger partial charge in [-0.1, -0.05) is 6.92 Å². The molecule has 0 saturated heterocycles. The van der Waals surface area contributed by atoms with Gasteiger partial charge in [0.2, 0.25) is 0 Å². The zero-order valence-electron chi connectivity index (χ0n) is 25.6. The monoisotopic (exact) mass is 680 g/mol. The fourth-order valence-corrected chi connectivity index (χ4v) is 4.10. The lowest BCUT2D eigenvalue weighted by molar-refractivity contribution is -0.174. The number of aliphatic hydroxyl groups is 14. The summed E-state index contributed by atoms with van der Waals surface area (Å²) < 4.78 is 5.21. The summed E-state index contributed by atoms with van der Waals surface area (Å²) in [5.41, 5.74) is -1.33. The van der Waals surface area contributed by atoms with Crippen LogP contribution in [0.5, 0.6) is 0 Å². The van der Waals surface area contributed by atoms with E-state index in [2.05, 4.69) is 21.3 Å². The van der Waals surface area contributed by atoms with E-state index in [0.717, 1.165) is 0 Å². The predicted octanol–water partition coefficient (Wildman–Crippen LogP) is -10.5. The van der Waals surface area contributed by atoms with E-state index < -0.39 is 130 Å². The number of hydrogen-bond donors (Lipinski definition) is 18. The number of aliphatic hydroxyl groups excluding tert-OH is 14. The van der Waals surface area contributed by atoms with Gasteiger partial charge in [-0.15, -0.1) is 0 Å². The highest BCUT2D eigenvalue weighted by Gasteiger charge is 2.39. The Morgan fingerprint density at radius 2 is 1.00 bits per heavy atom. The summed E-state index contributed by atoms with van der Waals surface area (Å²) in [7, 11) is 1.48. The molecule has 21 heteroatoms. The van der Waals surface area contributed by atoms with E-state index >= 15 is 0 Å². The molecule has 0 aliphatic carbocycles. The largest absolute Gasteiger partial charge is 0.394 e. The molecule has 0 fully saturated rings. The van der Waals surface area contributed by atoms with Crippen molar-refractivity contribution in [2.45, 2.75) is 74.3 Å². The molecular formula is C25H52N4O17. The normalized spacial score (nSPS) is 21.3. The molecule has 0 aromatic heterocycles. The van der Waals surface area contributed by atoms with E-state index in [9.17, 15) is 65.8 Å². The SMILES string of the molecule is CNCC(CNCOC(O)C(C)C(O)C(O)CO)(CNC(=O)C(O)C(O)C(O)C(O)CO)CNC(=O)C(O)C(O)C(O)C(O)CO. The van der Waals surface area contributed by atoms with Crippen LogP contribution in [0.15, 0.2) is 0 Å². The minimum absolute atomic E-state index is 0.0596. The molecule has 18 N–H and O–H groups in total. The second-order valence-electron chi connectivity index (χ2n) is 11.0. The van der Waals surface area contributed by atoms with Gasteiger partial charge in [0.1, 0.15) is 42.7 Å². The molecule has 0 aliphatic heterocycles. The first-order valence-corrected chi connectivity index (χ1v) is 14.3. The molecule has 0 aliphatic rings. The van der Waals surface area contributed by atoms with Crippen molar-refractivity contribution in [2.24, 2.45) is 11.3 Å². The Balaban J connectivity index is 5.81. The van der Waals surface area contributed by atoms with E-state index in [1.807, 2.05) is 0 Å². The molecule has 12 unspecified atom stereocenters. The van der Waals surface area contributed by atoms with E-state index in [-0.39, 0.29) is 13.1 Å². The maximum atomic E-state index is 12.6. The number of carbonyl (C=O) groups excluding carboxylic acids is 2. The highest BCUT2D eigenvalue weighted by Crippen LogP contribution is 2.17. The fourth-order valence-electron chi connectivity index (χ4n) is 4.10. The topological polar surface area (TPSA) is 375 Å². The van der Waals surface area contributed by atoms with Crippen LogP contribution in [0.25, 0.3) is 0 Å². The summed E-state index contributed by atoms with van der Waals surface area (Å²) in [6, 6.07) is 0. The second-order valence-corrected chi connectivity index (χ2v) is 11.0. The second kappa shape index (κ2) is 22.0. The summed E-state index contributed by atoms with van der Waals surface area (Å²) in [5, 5.41) is 146. The molecule has 21 nitrogen and oxygen atoms in total. The number of carbonyl (C=O) groups is 2. The first-order valence-electron chi connectivity index (χ1n) is 14.3. The molecule has 0 bridgehead atoms. The Morgan fingerprint density at radius 3 is 1.37 bits per heavy atom. The van der Waals surface area contributed by atoms with Crippen molar-refractivity contribution in [3.8, 4) is 0 Å². The first kappa shape index (κ1) is 44.3. The zero-order valence-corrected chi connectivity index (χ0v) is 25.6. The van der Waals surface area contributed by atoms with E-state index in [0.29, 0.717) is 0 Å². The summed E-state index contributed by atoms with van der Waals surface area (Å²) in [6.45, 7) is -2.99. The lowest BCUT2D eigenvalue weighted by Gasteiger charge is -2.36. The van der Waals surface area contributed by atoms with Gasteiger partial charge in [-0.05, 0) is 7.05 Å². The van der Waals surface area contributed by atoms with Crippen LogP contribution in [0.1, 0.15) is 6.92 Å². The van der Waals surface area contributed by atoms with Crippen molar-refractivity contribution in [3.63, 3.8) is 0 Å². The van der Waals surface area contributed by atoms with Gasteiger partial charge in [0.25, 0.3) is 11.8 Å². The van der Waals surface area contributed by atoms with Crippen molar-refractivity contribution in [2.75, 3.05) is 59.8 Å². The van der Waals surface area contributed by atoms with Crippen molar-refractivity contribution >= 4 is 11.8 Å². The molecule has 0 saturated carbocycles. The van der Waals surface area contributed by atoms with E-state index in [4.69, 9.17) is 20.1 Å². The molecule has 0 spiro atoms. The quantitative estimate of drug-likeness (QED) is 0.0314. The Labute approximate surface area is 264 Å². The van der Waals surface area contributed by atoms with Crippen LogP contribution in [0.4, 0.5) is 0 Å². The minimum atomic E-state index is -2.30. The van der Waals surface area contributed by atoms with Crippen molar-refractivity contribution in [3.05, 3.63) is 0 Å². The van der Waals surface area contributed by atoms with E-state index in [1.165, 1.54) is 14.0 Å². The van der Waals surface area contributed by atoms with Gasteiger partial charge in [0, 0.05) is 37.5 Å². The average molecular weight is 681 g/mol. The maximum Gasteiger partial charge on any atom is 0.251 e. The first-order chi connectivity index (χ1) is 21.4. The van der Waals surface area contributed by atoms with Crippen LogP contribution in [-0.2, 0) is 14.3 Å². The van der Waals surface area contributed by atoms with Crippen molar-refractivity contribution in [1.29, 1.82) is 0 Å². The molecular weight excluding hydrogens is 628 g/mol. The van der Waals surface area contributed by atoms with E-state index in [1.54, 1.807) is 0 Å². The van der Waals surface area contributed by atoms with Crippen molar-refractivity contribution in [1.82, 2.24) is 21.3 Å². The Hall–Kier alpha value is -1.74. The molecule has 0 aromatic carbocycles. The van der Waals surface area contributed by atoms with Gasteiger partial charge in [-0.3, -0.25) is 14.9 Å². The third kappa shape index (κ3) is 13.8. The van der Waals surface area contributed by atoms with Gasteiger partial charge >= 0.3 is 0 Å². The van der Waals surface area contributed by atoms with Crippen molar-refractivity contribution < 1.29 is 85.8 Å². The van der Waals surface area contributed by atoms with Crippen LogP contribution in [-0.4, -0.2) is 210 Å². The van der Waals surface area contributed by atoms with Crippen LogP contribution in [0, 0.1) is 11.3 Å². The van der Waals surface area contributed by atoms with Crippen LogP contribution >= 0.6 is 0 Å². The van der Waals surface area contributed by atoms with Crippen LogP contribution in [0.2, 0.25) is 0 Å². The number of hydrogen-bond acceptors (Lipinski definition) is 19. The van der Waals surface area contributed by atoms with Crippen LogP contribution in [0.3, 0.4) is 0 Å². The summed E-state index contributed by atoms with van der Waals surface area (Å²) >= 11 is 0. The van der Waals surface area contributed by atoms with Gasteiger partial charge in [0.15, 0.2) is 18.5 Å². The third-order valence-corrected chi connectivity index (χ3v) is 7.30. The number of amides is 2. The van der Waals surface area contributed by atoms with Crippen LogP contribution < -0.4 is 21.3 Å². The smallest absolute Gasteiger partial charge is 0.251 e. The Kier molecular flexibility index (Phi) is 21.2. The average Bonchev–Trinajstić information content (AvgIpc) is 3.07. The van der Waals surface area contributed by atoms with Gasteiger partial charge in [0.05, 0.1) is 32.7 Å². The third-order valence-electron chi connectivity index (χ3n) is 7.30. The molecule has 2 amide bonds. The fraction of sp³-hybridized carbons (Fsp3) is 0.920. The highest BCUT2D eigenvalue weighted by molar-refractivity contribution is 5.82. The standard InChI is InChI=1S/C25H52N4O17/c1-11(15(36)12(33)3-30)24(45)46-10-27-7-25(6-26-2,8-28-22(43)20(41)18(39)16(37)13(34)4-31)9-29-23(44)21(42)19(40)17(38)14(35)5-32/h11-21,24,26-27,30-42,45H,3-10H2,1-2H3,(H,28,43)(H,29,44). The molecule has 0 aromatic rings. The number of nitrogens with one attached hydrogen (secondary N) is 4. The predicted molar refractivity (Wildman–Crippen MR) is 153 cm³/mol. The Bertz CT molecular complexity index is 819. The zero-order chi connectivity index (χ0) is 35.8. The maximum absolute atomic E-state index is 12.6. The molecule has 0 heterocycles. The van der Waals surface area contributed by atoms with Gasteiger partial charge in [-0.25, -0.2) is 0 Å². The summed E-state index contributed by atoms with van der Waals surface area (Å²) in [4.78, 5) is 25.2. The highest BCUT2D eigenvalue weighted by atomic mass is 16.6. The van der Waals surface area contributed by atoms with Gasteiger partial charge in [-0.2, -0.15) is 0 Å². The minimum Gasteiger partial charge on any atom is -0.394 e.